The van der Waals surface area contributed by atoms with Gasteiger partial charge in [-0.25, -0.2) is 4.98 Å². The highest BCUT2D eigenvalue weighted by Crippen LogP contribution is 2.19. The first-order chi connectivity index (χ1) is 9.72. The Balaban J connectivity index is 2.18. The van der Waals surface area contributed by atoms with Crippen LogP contribution in [0.5, 0.6) is 5.75 Å². The Morgan fingerprint density at radius 1 is 1.30 bits per heavy atom. The number of hydrogen-bond donors (Lipinski definition) is 2. The molecule has 0 aliphatic rings. The SMILES string of the molecule is CCOCc1ccccc1NC(=O)c1ncccc1O. The van der Waals surface area contributed by atoms with Crippen LogP contribution in [0.3, 0.4) is 0 Å². The van der Waals surface area contributed by atoms with Gasteiger partial charge in [-0.05, 0) is 25.1 Å². The number of ether oxygens (including phenoxy) is 1. The molecule has 0 saturated heterocycles. The second-order valence-electron chi connectivity index (χ2n) is 4.12. The standard InChI is InChI=1S/C15H16N2O3/c1-2-20-10-11-6-3-4-7-12(11)17-15(19)14-13(18)8-5-9-16-14/h3-9,18H,2,10H2,1H3,(H,17,19). The molecule has 0 unspecified atom stereocenters. The number of nitrogens with zero attached hydrogens (tertiary/aromatic N) is 1. The number of para-hydroxylation sites is 1. The van der Waals surface area contributed by atoms with Crippen LogP contribution in [0.15, 0.2) is 42.6 Å². The first-order valence-electron chi connectivity index (χ1n) is 6.33. The van der Waals surface area contributed by atoms with Crippen molar-refractivity contribution < 1.29 is 14.6 Å². The fraction of sp³-hybridized carbons (Fsp3) is 0.200. The van der Waals surface area contributed by atoms with Gasteiger partial charge in [0, 0.05) is 24.1 Å². The molecular weight excluding hydrogens is 256 g/mol. The number of carbonyl (C=O) groups is 1. The minimum atomic E-state index is -0.452. The topological polar surface area (TPSA) is 71.5 Å². The van der Waals surface area contributed by atoms with Gasteiger partial charge in [0.25, 0.3) is 5.91 Å². The summed E-state index contributed by atoms with van der Waals surface area (Å²) in [5, 5.41) is 12.4. The second-order valence-corrected chi connectivity index (χ2v) is 4.12. The number of aromatic hydroxyl groups is 1. The number of amides is 1. The molecule has 0 radical (unpaired) electrons. The van der Waals surface area contributed by atoms with Gasteiger partial charge < -0.3 is 15.2 Å². The van der Waals surface area contributed by atoms with Crippen LogP contribution >= 0.6 is 0 Å². The van der Waals surface area contributed by atoms with Crippen LogP contribution in [0.4, 0.5) is 5.69 Å². The summed E-state index contributed by atoms with van der Waals surface area (Å²) < 4.78 is 5.35. The van der Waals surface area contributed by atoms with Crippen LogP contribution in [0.2, 0.25) is 0 Å². The zero-order chi connectivity index (χ0) is 14.4. The highest BCUT2D eigenvalue weighted by Gasteiger charge is 2.13. The summed E-state index contributed by atoms with van der Waals surface area (Å²) in [5.74, 6) is -0.598. The third-order valence-corrected chi connectivity index (χ3v) is 2.73. The molecule has 1 heterocycles. The molecule has 0 aliphatic heterocycles. The molecule has 5 nitrogen and oxygen atoms in total. The summed E-state index contributed by atoms with van der Waals surface area (Å²) in [6.07, 6.45) is 1.46. The van der Waals surface area contributed by atoms with Gasteiger partial charge in [0.15, 0.2) is 5.69 Å². The second kappa shape index (κ2) is 6.68. The van der Waals surface area contributed by atoms with Gasteiger partial charge >= 0.3 is 0 Å². The predicted molar refractivity (Wildman–Crippen MR) is 75.6 cm³/mol. The zero-order valence-electron chi connectivity index (χ0n) is 11.2. The molecule has 0 fully saturated rings. The maximum atomic E-state index is 12.1. The molecule has 1 aromatic carbocycles. The fourth-order valence-electron chi connectivity index (χ4n) is 1.73. The van der Waals surface area contributed by atoms with Crippen LogP contribution in [0, 0.1) is 0 Å². The number of aromatic nitrogens is 1. The Morgan fingerprint density at radius 2 is 2.10 bits per heavy atom. The van der Waals surface area contributed by atoms with E-state index in [9.17, 15) is 9.90 Å². The molecule has 0 aliphatic carbocycles. The van der Waals surface area contributed by atoms with Crippen LogP contribution in [0.25, 0.3) is 0 Å². The molecule has 2 N–H and O–H groups in total. The average Bonchev–Trinajstić information content (AvgIpc) is 2.46. The monoisotopic (exact) mass is 272 g/mol. The Bertz CT molecular complexity index is 599. The lowest BCUT2D eigenvalue weighted by molar-refractivity contribution is 0.101. The van der Waals surface area contributed by atoms with Crippen molar-refractivity contribution in [3.8, 4) is 5.75 Å². The van der Waals surface area contributed by atoms with E-state index in [1.807, 2.05) is 25.1 Å². The van der Waals surface area contributed by atoms with Crippen molar-refractivity contribution in [2.75, 3.05) is 11.9 Å². The maximum Gasteiger partial charge on any atom is 0.278 e. The highest BCUT2D eigenvalue weighted by atomic mass is 16.5. The molecule has 2 aromatic rings. The van der Waals surface area contributed by atoms with E-state index >= 15 is 0 Å². The normalized spacial score (nSPS) is 10.2. The first-order valence-corrected chi connectivity index (χ1v) is 6.33. The molecule has 0 bridgehead atoms. The van der Waals surface area contributed by atoms with E-state index in [1.54, 1.807) is 12.1 Å². The molecule has 0 atom stereocenters. The number of pyridine rings is 1. The zero-order valence-corrected chi connectivity index (χ0v) is 11.2. The largest absolute Gasteiger partial charge is 0.505 e. The van der Waals surface area contributed by atoms with E-state index in [2.05, 4.69) is 10.3 Å². The third kappa shape index (κ3) is 3.33. The molecule has 2 rings (SSSR count). The number of benzene rings is 1. The van der Waals surface area contributed by atoms with Gasteiger partial charge in [-0.1, -0.05) is 18.2 Å². The average molecular weight is 272 g/mol. The van der Waals surface area contributed by atoms with E-state index in [1.165, 1.54) is 12.3 Å². The predicted octanol–water partition coefficient (Wildman–Crippen LogP) is 2.58. The van der Waals surface area contributed by atoms with E-state index < -0.39 is 5.91 Å². The molecule has 20 heavy (non-hydrogen) atoms. The third-order valence-electron chi connectivity index (χ3n) is 2.73. The van der Waals surface area contributed by atoms with Crippen molar-refractivity contribution in [3.05, 3.63) is 53.9 Å². The van der Waals surface area contributed by atoms with Crippen LogP contribution in [-0.4, -0.2) is 22.6 Å². The van der Waals surface area contributed by atoms with Gasteiger partial charge in [-0.3, -0.25) is 4.79 Å². The number of nitrogens with one attached hydrogen (secondary N) is 1. The first kappa shape index (κ1) is 14.0. The van der Waals surface area contributed by atoms with Crippen molar-refractivity contribution in [3.63, 3.8) is 0 Å². The number of carbonyl (C=O) groups excluding carboxylic acids is 1. The number of rotatable bonds is 5. The summed E-state index contributed by atoms with van der Waals surface area (Å²) in [7, 11) is 0. The minimum absolute atomic E-state index is 0.00119. The van der Waals surface area contributed by atoms with Gasteiger partial charge in [0.05, 0.1) is 6.61 Å². The summed E-state index contributed by atoms with van der Waals surface area (Å²) in [5.41, 5.74) is 1.52. The summed E-state index contributed by atoms with van der Waals surface area (Å²) in [6, 6.07) is 10.4. The van der Waals surface area contributed by atoms with E-state index in [0.29, 0.717) is 18.9 Å². The molecule has 104 valence electrons. The molecule has 1 aromatic heterocycles. The van der Waals surface area contributed by atoms with Crippen molar-refractivity contribution in [2.24, 2.45) is 0 Å². The van der Waals surface area contributed by atoms with Crippen LogP contribution in [0.1, 0.15) is 23.0 Å². The lowest BCUT2D eigenvalue weighted by atomic mass is 10.2. The summed E-state index contributed by atoms with van der Waals surface area (Å²) >= 11 is 0. The molecule has 0 spiro atoms. The molecule has 0 saturated carbocycles. The Hall–Kier alpha value is -2.40. The van der Waals surface area contributed by atoms with Crippen molar-refractivity contribution in [2.45, 2.75) is 13.5 Å². The Morgan fingerprint density at radius 3 is 2.85 bits per heavy atom. The Labute approximate surface area is 117 Å². The van der Waals surface area contributed by atoms with Crippen molar-refractivity contribution >= 4 is 11.6 Å². The smallest absolute Gasteiger partial charge is 0.278 e. The van der Waals surface area contributed by atoms with Gasteiger partial charge in [0.1, 0.15) is 5.75 Å². The van der Waals surface area contributed by atoms with Crippen molar-refractivity contribution in [1.29, 1.82) is 0 Å². The fourth-order valence-corrected chi connectivity index (χ4v) is 1.73. The van der Waals surface area contributed by atoms with Gasteiger partial charge in [-0.15, -0.1) is 0 Å². The molecular formula is C15H16N2O3. The van der Waals surface area contributed by atoms with Crippen molar-refractivity contribution in [1.82, 2.24) is 4.98 Å². The quantitative estimate of drug-likeness (QED) is 0.877. The number of hydrogen-bond acceptors (Lipinski definition) is 4. The molecule has 1 amide bonds. The van der Waals surface area contributed by atoms with E-state index in [-0.39, 0.29) is 11.4 Å². The van der Waals surface area contributed by atoms with Crippen LogP contribution in [-0.2, 0) is 11.3 Å². The summed E-state index contributed by atoms with van der Waals surface area (Å²) in [6.45, 7) is 2.93. The molecule has 5 heteroatoms. The Kier molecular flexibility index (Phi) is 4.68. The lowest BCUT2D eigenvalue weighted by Crippen LogP contribution is -2.15. The lowest BCUT2D eigenvalue weighted by Gasteiger charge is -2.11. The van der Waals surface area contributed by atoms with E-state index in [4.69, 9.17) is 4.74 Å². The van der Waals surface area contributed by atoms with Crippen LogP contribution < -0.4 is 5.32 Å². The van der Waals surface area contributed by atoms with Gasteiger partial charge in [-0.2, -0.15) is 0 Å². The highest BCUT2D eigenvalue weighted by molar-refractivity contribution is 6.04. The van der Waals surface area contributed by atoms with E-state index in [0.717, 1.165) is 5.56 Å². The maximum absolute atomic E-state index is 12.1. The summed E-state index contributed by atoms with van der Waals surface area (Å²) in [4.78, 5) is 16.0. The minimum Gasteiger partial charge on any atom is -0.505 e. The van der Waals surface area contributed by atoms with Gasteiger partial charge in [0.2, 0.25) is 0 Å². The number of anilines is 1.